The van der Waals surface area contributed by atoms with E-state index in [1.807, 2.05) is 23.5 Å². The minimum absolute atomic E-state index is 0.0122. The average molecular weight is 1360 g/mol. The van der Waals surface area contributed by atoms with Gasteiger partial charge in [0.1, 0.15) is 11.6 Å². The summed E-state index contributed by atoms with van der Waals surface area (Å²) < 4.78 is 36.0. The van der Waals surface area contributed by atoms with Crippen LogP contribution in [0.2, 0.25) is 0 Å². The second kappa shape index (κ2) is 30.1. The number of fused-ring (bicyclic) bond motifs is 4. The van der Waals surface area contributed by atoms with E-state index in [0.717, 1.165) is 232 Å². The molecule has 0 spiro atoms. The maximum Gasteiger partial charge on any atom is 0.197 e. The number of ketones is 2. The highest BCUT2D eigenvalue weighted by atomic mass is 32.1. The summed E-state index contributed by atoms with van der Waals surface area (Å²) in [6.45, 7) is 31.7. The molecule has 0 saturated carbocycles. The third-order valence-corrected chi connectivity index (χ3v) is 30.7. The highest BCUT2D eigenvalue weighted by Crippen LogP contribution is 2.58. The van der Waals surface area contributed by atoms with Gasteiger partial charge in [0, 0.05) is 112 Å². The van der Waals surface area contributed by atoms with Crippen LogP contribution in [0.25, 0.3) is 71.0 Å². The predicted molar refractivity (Wildman–Crippen MR) is 400 cm³/mol. The zero-order chi connectivity index (χ0) is 64.3. The first-order chi connectivity index (χ1) is 43.3. The standard InChI is InChI=1S/C78H98F2O2S8/c1-15-25-29-33-48(22-8)72-53(80)43-61(88-72)64-50-40-57(87-74(50)65(51-41-63(89-75(51)64)78(13,14)24-10)60-42-52(79)55(84-60)36-45(19-5)30-26-16-2)56-39-49(44-83-56)73-68-69(76(90-73)54-34-35-62(86-54)77(11,12)23-9)71(82)67-59(38-47(21-7)32-28-18-4)85-58(66(67)70(68)81)37-46(20-6)31-27-17-3/h34-35,39-48H,15-33,36-38H2,1-14H3. The fourth-order valence-corrected chi connectivity index (χ4v) is 24.0. The van der Waals surface area contributed by atoms with Crippen LogP contribution in [0.3, 0.4) is 0 Å². The molecule has 8 aromatic heterocycles. The van der Waals surface area contributed by atoms with E-state index < -0.39 is 0 Å². The summed E-state index contributed by atoms with van der Waals surface area (Å²) in [6.07, 6.45) is 22.8. The summed E-state index contributed by atoms with van der Waals surface area (Å²) in [5, 5.41) is 4.41. The molecule has 12 heteroatoms. The van der Waals surface area contributed by atoms with Crippen molar-refractivity contribution in [2.75, 3.05) is 0 Å². The molecule has 9 aromatic rings. The van der Waals surface area contributed by atoms with Crippen LogP contribution in [0.1, 0.15) is 286 Å². The molecule has 1 aromatic carbocycles. The molecule has 4 unspecified atom stereocenters. The Morgan fingerprint density at radius 3 is 1.52 bits per heavy atom. The molecular weight excluding hydrogens is 1260 g/mol. The molecule has 484 valence electrons. The van der Waals surface area contributed by atoms with Crippen molar-refractivity contribution >= 4 is 122 Å². The van der Waals surface area contributed by atoms with Crippen molar-refractivity contribution in [1.82, 2.24) is 0 Å². The number of thiophene rings is 8. The number of unbranched alkanes of at least 4 members (excludes halogenated alkanes) is 5. The van der Waals surface area contributed by atoms with E-state index in [-0.39, 0.29) is 39.9 Å². The molecule has 4 atom stereocenters. The number of rotatable bonds is 33. The number of hydrogen-bond donors (Lipinski definition) is 0. The third kappa shape index (κ3) is 14.0. The first-order valence-corrected chi connectivity index (χ1v) is 41.1. The molecule has 0 amide bonds. The van der Waals surface area contributed by atoms with Crippen LogP contribution in [-0.2, 0) is 30.1 Å². The van der Waals surface area contributed by atoms with Gasteiger partial charge in [0.25, 0.3) is 0 Å². The van der Waals surface area contributed by atoms with Gasteiger partial charge in [-0.3, -0.25) is 9.59 Å². The second-order valence-electron chi connectivity index (χ2n) is 27.3. The first-order valence-electron chi connectivity index (χ1n) is 34.5. The molecule has 90 heavy (non-hydrogen) atoms. The fourth-order valence-electron chi connectivity index (χ4n) is 13.5. The lowest BCUT2D eigenvalue weighted by molar-refractivity contribution is 0.0980. The number of halogens is 2. The Kier molecular flexibility index (Phi) is 23.2. The number of carbonyl (C=O) groups is 2. The summed E-state index contributed by atoms with van der Waals surface area (Å²) in [4.78, 5) is 45.6. The minimum atomic E-state index is -0.116. The lowest BCUT2D eigenvalue weighted by Crippen LogP contribution is -2.22. The monoisotopic (exact) mass is 1360 g/mol. The van der Waals surface area contributed by atoms with E-state index in [2.05, 4.69) is 133 Å². The van der Waals surface area contributed by atoms with Crippen molar-refractivity contribution < 1.29 is 18.4 Å². The molecule has 0 fully saturated rings. The summed E-state index contributed by atoms with van der Waals surface area (Å²) in [5.41, 5.74) is 5.49. The largest absolute Gasteiger partial charge is 0.288 e. The fraction of sp³-hybridized carbons (Fsp3) is 0.538. The van der Waals surface area contributed by atoms with Crippen LogP contribution < -0.4 is 0 Å². The summed E-state index contributed by atoms with van der Waals surface area (Å²) in [7, 11) is 0. The molecule has 1 aliphatic rings. The van der Waals surface area contributed by atoms with Crippen molar-refractivity contribution in [1.29, 1.82) is 0 Å². The summed E-state index contributed by atoms with van der Waals surface area (Å²) in [5.74, 6) is 1.27. The normalized spacial score (nSPS) is 14.4. The van der Waals surface area contributed by atoms with Crippen LogP contribution in [-0.4, -0.2) is 11.6 Å². The van der Waals surface area contributed by atoms with Crippen LogP contribution in [0, 0.1) is 29.4 Å². The summed E-state index contributed by atoms with van der Waals surface area (Å²) in [6, 6.07) is 15.1. The van der Waals surface area contributed by atoms with E-state index in [1.54, 1.807) is 79.4 Å². The molecule has 0 bridgehead atoms. The SMILES string of the molecule is CCCCCC(CC)c1sc(-c2c3cc(-c4cc(-c5sc(-c6ccc(C(C)(C)CC)s6)c6c5C(=O)c5c(CC(CC)CCCC)sc(CC(CC)CCCC)c5C6=O)cs4)sc3c(-c3cc(F)c(CC(CC)CCCC)s3)c3cc(C(C)(C)CC)sc23)cc1F. The zero-order valence-corrected chi connectivity index (χ0v) is 62.9. The van der Waals surface area contributed by atoms with Crippen LogP contribution in [0.15, 0.2) is 47.8 Å². The van der Waals surface area contributed by atoms with Gasteiger partial charge in [-0.2, -0.15) is 0 Å². The van der Waals surface area contributed by atoms with Gasteiger partial charge in [-0.05, 0) is 122 Å². The van der Waals surface area contributed by atoms with Gasteiger partial charge in [-0.1, -0.05) is 193 Å². The van der Waals surface area contributed by atoms with Crippen molar-refractivity contribution in [2.45, 2.75) is 255 Å². The zero-order valence-electron chi connectivity index (χ0n) is 56.3. The second-order valence-corrected chi connectivity index (χ2v) is 35.9. The van der Waals surface area contributed by atoms with Crippen molar-refractivity contribution in [3.63, 3.8) is 0 Å². The first kappa shape index (κ1) is 69.4. The van der Waals surface area contributed by atoms with E-state index >= 15 is 18.4 Å². The Morgan fingerprint density at radius 2 is 0.956 bits per heavy atom. The highest BCUT2D eigenvalue weighted by molar-refractivity contribution is 7.28. The van der Waals surface area contributed by atoms with E-state index in [0.29, 0.717) is 40.0 Å². The van der Waals surface area contributed by atoms with E-state index in [9.17, 15) is 0 Å². The van der Waals surface area contributed by atoms with Gasteiger partial charge in [0.2, 0.25) is 0 Å². The predicted octanol–water partition coefficient (Wildman–Crippen LogP) is 28.6. The number of benzene rings is 1. The molecule has 0 saturated heterocycles. The lowest BCUT2D eigenvalue weighted by atomic mass is 9.81. The molecule has 2 nitrogen and oxygen atoms in total. The quantitative estimate of drug-likeness (QED) is 0.0384. The van der Waals surface area contributed by atoms with Gasteiger partial charge in [0.05, 0.1) is 16.0 Å². The third-order valence-electron chi connectivity index (χ3n) is 20.4. The van der Waals surface area contributed by atoms with Crippen molar-refractivity contribution in [3.05, 3.63) is 111 Å². The molecule has 10 rings (SSSR count). The lowest BCUT2D eigenvalue weighted by Gasteiger charge is -2.20. The molecular formula is C78H98F2O2S8. The smallest absolute Gasteiger partial charge is 0.197 e. The van der Waals surface area contributed by atoms with Crippen LogP contribution in [0.5, 0.6) is 0 Å². The van der Waals surface area contributed by atoms with Gasteiger partial charge >= 0.3 is 0 Å². The highest BCUT2D eigenvalue weighted by Gasteiger charge is 2.43. The van der Waals surface area contributed by atoms with Gasteiger partial charge in [-0.15, -0.1) is 90.7 Å². The Bertz CT molecular complexity index is 3940. The Hall–Kier alpha value is -3.46. The van der Waals surface area contributed by atoms with E-state index in [4.69, 9.17) is 0 Å². The Morgan fingerprint density at radius 1 is 0.422 bits per heavy atom. The maximum absolute atomic E-state index is 16.9. The molecule has 0 aliphatic heterocycles. The average Bonchev–Trinajstić information content (AvgIpc) is 1.55. The molecule has 1 aliphatic carbocycles. The van der Waals surface area contributed by atoms with Gasteiger partial charge in [0.15, 0.2) is 11.6 Å². The van der Waals surface area contributed by atoms with Crippen LogP contribution in [0.4, 0.5) is 8.78 Å². The van der Waals surface area contributed by atoms with E-state index in [1.165, 1.54) is 9.75 Å². The van der Waals surface area contributed by atoms with Crippen molar-refractivity contribution in [2.24, 2.45) is 17.8 Å². The topological polar surface area (TPSA) is 34.1 Å². The van der Waals surface area contributed by atoms with Gasteiger partial charge < -0.3 is 0 Å². The number of carbonyl (C=O) groups excluding carboxylic acids is 2. The summed E-state index contributed by atoms with van der Waals surface area (Å²) >= 11 is 13.7. The number of hydrogen-bond acceptors (Lipinski definition) is 10. The maximum atomic E-state index is 16.9. The van der Waals surface area contributed by atoms with Crippen LogP contribution >= 0.6 is 90.7 Å². The molecule has 0 radical (unpaired) electrons. The Labute approximate surface area is 570 Å². The molecule has 8 heterocycles. The van der Waals surface area contributed by atoms with Crippen molar-refractivity contribution in [3.8, 4) is 50.8 Å². The minimum Gasteiger partial charge on any atom is -0.288 e. The Balaban J connectivity index is 1.19. The van der Waals surface area contributed by atoms with Gasteiger partial charge in [-0.25, -0.2) is 8.78 Å². The molecule has 0 N–H and O–H groups in total.